The van der Waals surface area contributed by atoms with E-state index in [0.717, 1.165) is 5.92 Å². The van der Waals surface area contributed by atoms with Crippen LogP contribution in [0.1, 0.15) is 50.7 Å². The topological polar surface area (TPSA) is 0 Å². The standard InChI is InChI=1S/C15H22/c1-4-13-9-10-15(13,5-2)14-8-6-7-12(3)11-14/h6-8,11,13H,4-5,9-10H2,1-3H3. The van der Waals surface area contributed by atoms with Crippen molar-refractivity contribution in [3.05, 3.63) is 35.4 Å². The molecular weight excluding hydrogens is 180 g/mol. The van der Waals surface area contributed by atoms with Crippen LogP contribution in [0.4, 0.5) is 0 Å². The van der Waals surface area contributed by atoms with Gasteiger partial charge in [-0.2, -0.15) is 0 Å². The molecule has 1 aliphatic carbocycles. The zero-order valence-electron chi connectivity index (χ0n) is 10.2. The highest BCUT2D eigenvalue weighted by molar-refractivity contribution is 5.32. The lowest BCUT2D eigenvalue weighted by Gasteiger charge is -2.50. The largest absolute Gasteiger partial charge is 0.0651 e. The molecule has 0 radical (unpaired) electrons. The summed E-state index contributed by atoms with van der Waals surface area (Å²) < 4.78 is 0. The van der Waals surface area contributed by atoms with Gasteiger partial charge in [0.1, 0.15) is 0 Å². The lowest BCUT2D eigenvalue weighted by Crippen LogP contribution is -2.43. The minimum absolute atomic E-state index is 0.515. The first-order valence-corrected chi connectivity index (χ1v) is 6.30. The maximum Gasteiger partial charge on any atom is -0.00213 e. The molecule has 0 aromatic heterocycles. The Bertz CT molecular complexity index is 334. The highest BCUT2D eigenvalue weighted by atomic mass is 14.5. The zero-order valence-corrected chi connectivity index (χ0v) is 10.2. The Morgan fingerprint density at radius 3 is 2.60 bits per heavy atom. The number of hydrogen-bond acceptors (Lipinski definition) is 0. The molecule has 0 N–H and O–H groups in total. The Morgan fingerprint density at radius 1 is 1.33 bits per heavy atom. The van der Waals surface area contributed by atoms with E-state index in [1.165, 1.54) is 31.2 Å². The Balaban J connectivity index is 2.34. The summed E-state index contributed by atoms with van der Waals surface area (Å²) in [6.07, 6.45) is 5.46. The van der Waals surface area contributed by atoms with E-state index in [2.05, 4.69) is 45.0 Å². The van der Waals surface area contributed by atoms with Gasteiger partial charge in [0.2, 0.25) is 0 Å². The van der Waals surface area contributed by atoms with Crippen LogP contribution in [-0.2, 0) is 5.41 Å². The van der Waals surface area contributed by atoms with E-state index in [9.17, 15) is 0 Å². The summed E-state index contributed by atoms with van der Waals surface area (Å²) in [6, 6.07) is 9.14. The first-order valence-electron chi connectivity index (χ1n) is 6.30. The highest BCUT2D eigenvalue weighted by Gasteiger charge is 2.45. The van der Waals surface area contributed by atoms with Crippen molar-refractivity contribution in [2.24, 2.45) is 5.92 Å². The normalized spacial score (nSPS) is 29.9. The fraction of sp³-hybridized carbons (Fsp3) is 0.600. The van der Waals surface area contributed by atoms with Crippen LogP contribution in [0.25, 0.3) is 0 Å². The van der Waals surface area contributed by atoms with E-state index in [-0.39, 0.29) is 0 Å². The summed E-state index contributed by atoms with van der Waals surface area (Å²) in [4.78, 5) is 0. The van der Waals surface area contributed by atoms with Crippen LogP contribution in [-0.4, -0.2) is 0 Å². The molecule has 0 heteroatoms. The zero-order chi connectivity index (χ0) is 10.9. The van der Waals surface area contributed by atoms with Crippen molar-refractivity contribution in [2.45, 2.75) is 51.9 Å². The van der Waals surface area contributed by atoms with Gasteiger partial charge < -0.3 is 0 Å². The fourth-order valence-electron chi connectivity index (χ4n) is 3.30. The van der Waals surface area contributed by atoms with Gasteiger partial charge >= 0.3 is 0 Å². The lowest BCUT2D eigenvalue weighted by atomic mass is 9.54. The molecule has 0 saturated heterocycles. The van der Waals surface area contributed by atoms with Crippen LogP contribution in [0, 0.1) is 12.8 Å². The summed E-state index contributed by atoms with van der Waals surface area (Å²) >= 11 is 0. The number of rotatable bonds is 3. The second-order valence-corrected chi connectivity index (χ2v) is 5.02. The van der Waals surface area contributed by atoms with Gasteiger partial charge in [-0.1, -0.05) is 50.1 Å². The van der Waals surface area contributed by atoms with Crippen LogP contribution in [0.5, 0.6) is 0 Å². The summed E-state index contributed by atoms with van der Waals surface area (Å²) in [5.74, 6) is 0.921. The van der Waals surface area contributed by atoms with Crippen molar-refractivity contribution in [1.82, 2.24) is 0 Å². The SMILES string of the molecule is CCC1CCC1(CC)c1cccc(C)c1. The molecule has 1 saturated carbocycles. The van der Waals surface area contributed by atoms with Gasteiger partial charge in [-0.25, -0.2) is 0 Å². The van der Waals surface area contributed by atoms with Gasteiger partial charge in [0, 0.05) is 0 Å². The maximum absolute atomic E-state index is 2.39. The Labute approximate surface area is 93.7 Å². The molecule has 0 amide bonds. The van der Waals surface area contributed by atoms with Crippen molar-refractivity contribution in [1.29, 1.82) is 0 Å². The molecule has 2 rings (SSSR count). The molecule has 0 bridgehead atoms. The summed E-state index contributed by atoms with van der Waals surface area (Å²) in [5.41, 5.74) is 3.51. The molecule has 2 unspecified atom stereocenters. The predicted molar refractivity (Wildman–Crippen MR) is 66.2 cm³/mol. The Kier molecular flexibility index (Phi) is 2.86. The maximum atomic E-state index is 2.39. The third kappa shape index (κ3) is 1.60. The average Bonchev–Trinajstić information content (AvgIpc) is 2.18. The molecule has 15 heavy (non-hydrogen) atoms. The van der Waals surface area contributed by atoms with E-state index in [1.54, 1.807) is 5.56 Å². The molecule has 0 nitrogen and oxygen atoms in total. The predicted octanol–water partition coefficient (Wildman–Crippen LogP) is 4.46. The molecular formula is C15H22. The minimum Gasteiger partial charge on any atom is -0.0651 e. The average molecular weight is 202 g/mol. The number of hydrogen-bond donors (Lipinski definition) is 0. The first kappa shape index (κ1) is 10.7. The van der Waals surface area contributed by atoms with E-state index in [1.807, 2.05) is 0 Å². The minimum atomic E-state index is 0.515. The molecule has 0 spiro atoms. The van der Waals surface area contributed by atoms with E-state index < -0.39 is 0 Å². The first-order chi connectivity index (χ1) is 7.23. The van der Waals surface area contributed by atoms with Crippen molar-refractivity contribution in [3.8, 4) is 0 Å². The molecule has 1 aromatic rings. The van der Waals surface area contributed by atoms with Crippen molar-refractivity contribution in [3.63, 3.8) is 0 Å². The van der Waals surface area contributed by atoms with Crippen LogP contribution in [0.2, 0.25) is 0 Å². The van der Waals surface area contributed by atoms with Crippen molar-refractivity contribution in [2.75, 3.05) is 0 Å². The van der Waals surface area contributed by atoms with E-state index >= 15 is 0 Å². The number of aryl methyl sites for hydroxylation is 1. The van der Waals surface area contributed by atoms with Gasteiger partial charge in [0.15, 0.2) is 0 Å². The van der Waals surface area contributed by atoms with Crippen molar-refractivity contribution < 1.29 is 0 Å². The second kappa shape index (κ2) is 4.00. The Morgan fingerprint density at radius 2 is 2.13 bits per heavy atom. The molecule has 1 aliphatic rings. The van der Waals surface area contributed by atoms with Gasteiger partial charge in [0.05, 0.1) is 0 Å². The van der Waals surface area contributed by atoms with Crippen LogP contribution >= 0.6 is 0 Å². The highest BCUT2D eigenvalue weighted by Crippen LogP contribution is 2.52. The quantitative estimate of drug-likeness (QED) is 0.678. The van der Waals surface area contributed by atoms with Crippen LogP contribution in [0.3, 0.4) is 0 Å². The summed E-state index contributed by atoms with van der Waals surface area (Å²) in [5, 5.41) is 0. The molecule has 1 aromatic carbocycles. The molecule has 2 atom stereocenters. The Hall–Kier alpha value is -0.780. The third-order valence-corrected chi connectivity index (χ3v) is 4.44. The monoisotopic (exact) mass is 202 g/mol. The van der Waals surface area contributed by atoms with E-state index in [0.29, 0.717) is 5.41 Å². The van der Waals surface area contributed by atoms with Gasteiger partial charge in [-0.15, -0.1) is 0 Å². The van der Waals surface area contributed by atoms with Crippen LogP contribution < -0.4 is 0 Å². The lowest BCUT2D eigenvalue weighted by molar-refractivity contribution is 0.110. The van der Waals surface area contributed by atoms with Crippen LogP contribution in [0.15, 0.2) is 24.3 Å². The second-order valence-electron chi connectivity index (χ2n) is 5.02. The van der Waals surface area contributed by atoms with E-state index in [4.69, 9.17) is 0 Å². The van der Waals surface area contributed by atoms with Gasteiger partial charge in [-0.3, -0.25) is 0 Å². The van der Waals surface area contributed by atoms with Gasteiger partial charge in [0.25, 0.3) is 0 Å². The summed E-state index contributed by atoms with van der Waals surface area (Å²) in [6.45, 7) is 6.89. The summed E-state index contributed by atoms with van der Waals surface area (Å²) in [7, 11) is 0. The molecule has 1 fully saturated rings. The molecule has 82 valence electrons. The van der Waals surface area contributed by atoms with Gasteiger partial charge in [-0.05, 0) is 43.1 Å². The number of benzene rings is 1. The third-order valence-electron chi connectivity index (χ3n) is 4.44. The fourth-order valence-corrected chi connectivity index (χ4v) is 3.30. The van der Waals surface area contributed by atoms with Crippen molar-refractivity contribution >= 4 is 0 Å². The smallest absolute Gasteiger partial charge is 0.00213 e. The molecule has 0 heterocycles. The molecule has 0 aliphatic heterocycles.